The largest absolute Gasteiger partial charge is 0.368 e. The molecule has 1 aliphatic rings. The van der Waals surface area contributed by atoms with Crippen LogP contribution in [0.15, 0.2) is 30.3 Å². The summed E-state index contributed by atoms with van der Waals surface area (Å²) in [5.74, 6) is -0.129. The van der Waals surface area contributed by atoms with Crippen molar-refractivity contribution in [1.29, 1.82) is 0 Å². The fourth-order valence-electron chi connectivity index (χ4n) is 2.49. The van der Waals surface area contributed by atoms with E-state index in [1.165, 1.54) is 5.69 Å². The van der Waals surface area contributed by atoms with Crippen molar-refractivity contribution < 1.29 is 9.59 Å². The molecule has 0 atom stereocenters. The maximum absolute atomic E-state index is 12.1. The second-order valence-electron chi connectivity index (χ2n) is 5.37. The molecule has 6 heteroatoms. The molecule has 1 aliphatic heterocycles. The van der Waals surface area contributed by atoms with Crippen LogP contribution < -0.4 is 16.0 Å². The predicted octanol–water partition coefficient (Wildman–Crippen LogP) is 0.190. The summed E-state index contributed by atoms with van der Waals surface area (Å²) in [6, 6.07) is 10.2. The first kappa shape index (κ1) is 16.3. The van der Waals surface area contributed by atoms with Gasteiger partial charge < -0.3 is 20.9 Å². The molecular weight excluding hydrogens is 280 g/mol. The smallest absolute Gasteiger partial charge is 0.242 e. The van der Waals surface area contributed by atoms with E-state index in [4.69, 9.17) is 5.73 Å². The number of benzene rings is 1. The zero-order chi connectivity index (χ0) is 15.8. The maximum Gasteiger partial charge on any atom is 0.242 e. The molecule has 0 saturated carbocycles. The van der Waals surface area contributed by atoms with Crippen LogP contribution in [0.3, 0.4) is 0 Å². The summed E-state index contributed by atoms with van der Waals surface area (Å²) in [5.41, 5.74) is 6.54. The Hall–Kier alpha value is -2.08. The van der Waals surface area contributed by atoms with Gasteiger partial charge in [-0.25, -0.2) is 0 Å². The highest BCUT2D eigenvalue weighted by molar-refractivity contribution is 5.84. The van der Waals surface area contributed by atoms with Gasteiger partial charge in [0.05, 0.1) is 6.54 Å². The van der Waals surface area contributed by atoms with E-state index in [1.807, 2.05) is 23.1 Å². The molecule has 0 bridgehead atoms. The van der Waals surface area contributed by atoms with Gasteiger partial charge in [0.2, 0.25) is 11.8 Å². The molecular formula is C16H24N4O2. The van der Waals surface area contributed by atoms with Crippen molar-refractivity contribution in [2.45, 2.75) is 12.8 Å². The Morgan fingerprint density at radius 2 is 1.77 bits per heavy atom. The van der Waals surface area contributed by atoms with E-state index in [2.05, 4.69) is 22.3 Å². The van der Waals surface area contributed by atoms with E-state index >= 15 is 0 Å². The lowest BCUT2D eigenvalue weighted by Gasteiger charge is -2.36. The summed E-state index contributed by atoms with van der Waals surface area (Å²) >= 11 is 0. The number of hydrogen-bond donors (Lipinski definition) is 2. The third kappa shape index (κ3) is 4.73. The van der Waals surface area contributed by atoms with Crippen molar-refractivity contribution in [3.63, 3.8) is 0 Å². The van der Waals surface area contributed by atoms with Gasteiger partial charge in [-0.3, -0.25) is 9.59 Å². The van der Waals surface area contributed by atoms with E-state index < -0.39 is 0 Å². The second-order valence-corrected chi connectivity index (χ2v) is 5.37. The van der Waals surface area contributed by atoms with Crippen LogP contribution in [0, 0.1) is 0 Å². The molecule has 120 valence electrons. The first-order chi connectivity index (χ1) is 10.7. The average Bonchev–Trinajstić information content (AvgIpc) is 2.58. The van der Waals surface area contributed by atoms with E-state index in [9.17, 15) is 9.59 Å². The number of carbonyl (C=O) groups is 2. The Morgan fingerprint density at radius 1 is 1.09 bits per heavy atom. The van der Waals surface area contributed by atoms with Crippen molar-refractivity contribution >= 4 is 17.5 Å². The maximum atomic E-state index is 12.1. The molecule has 0 unspecified atom stereocenters. The third-order valence-electron chi connectivity index (χ3n) is 3.80. The van der Waals surface area contributed by atoms with Crippen LogP contribution in [0.5, 0.6) is 0 Å². The molecule has 0 aliphatic carbocycles. The fourth-order valence-corrected chi connectivity index (χ4v) is 2.49. The molecule has 1 aromatic rings. The molecule has 1 heterocycles. The van der Waals surface area contributed by atoms with Crippen LogP contribution in [0.2, 0.25) is 0 Å². The predicted molar refractivity (Wildman–Crippen MR) is 86.5 cm³/mol. The van der Waals surface area contributed by atoms with Crippen molar-refractivity contribution in [2.75, 3.05) is 44.2 Å². The highest BCUT2D eigenvalue weighted by atomic mass is 16.2. The Balaban J connectivity index is 1.72. The normalized spacial score (nSPS) is 14.8. The van der Waals surface area contributed by atoms with Crippen LogP contribution in [-0.2, 0) is 9.59 Å². The monoisotopic (exact) mass is 304 g/mol. The van der Waals surface area contributed by atoms with E-state index in [0.717, 1.165) is 13.1 Å². The summed E-state index contributed by atoms with van der Waals surface area (Å²) < 4.78 is 0. The lowest BCUT2D eigenvalue weighted by atomic mass is 10.2. The highest BCUT2D eigenvalue weighted by Gasteiger charge is 2.21. The lowest BCUT2D eigenvalue weighted by molar-refractivity contribution is -0.133. The molecule has 1 fully saturated rings. The minimum absolute atomic E-state index is 0.0196. The third-order valence-corrected chi connectivity index (χ3v) is 3.80. The Labute approximate surface area is 131 Å². The van der Waals surface area contributed by atoms with Gasteiger partial charge >= 0.3 is 0 Å². The standard InChI is InChI=1S/C16H24N4O2/c17-8-4-7-15(21)18-13-16(22)20-11-9-19(10-12-20)14-5-2-1-3-6-14/h1-3,5-6H,4,7-13,17H2,(H,18,21). The van der Waals surface area contributed by atoms with Gasteiger partial charge in [-0.2, -0.15) is 0 Å². The van der Waals surface area contributed by atoms with Gasteiger partial charge in [0.25, 0.3) is 0 Å². The molecule has 0 radical (unpaired) electrons. The molecule has 2 rings (SSSR count). The lowest BCUT2D eigenvalue weighted by Crippen LogP contribution is -2.51. The Bertz CT molecular complexity index is 484. The Kier molecular flexibility index (Phi) is 6.21. The quantitative estimate of drug-likeness (QED) is 0.786. The summed E-state index contributed by atoms with van der Waals surface area (Å²) in [6.45, 7) is 3.57. The topological polar surface area (TPSA) is 78.7 Å². The number of carbonyl (C=O) groups excluding carboxylic acids is 2. The van der Waals surface area contributed by atoms with Gasteiger partial charge in [-0.15, -0.1) is 0 Å². The van der Waals surface area contributed by atoms with Gasteiger partial charge in [0.1, 0.15) is 0 Å². The van der Waals surface area contributed by atoms with Gasteiger partial charge in [0.15, 0.2) is 0 Å². The number of piperazine rings is 1. The SMILES string of the molecule is NCCCC(=O)NCC(=O)N1CCN(c2ccccc2)CC1. The van der Waals surface area contributed by atoms with Gasteiger partial charge in [-0.1, -0.05) is 18.2 Å². The van der Waals surface area contributed by atoms with Gasteiger partial charge in [-0.05, 0) is 25.1 Å². The molecule has 3 N–H and O–H groups in total. The van der Waals surface area contributed by atoms with Crippen LogP contribution in [0.25, 0.3) is 0 Å². The minimum atomic E-state index is -0.110. The molecule has 6 nitrogen and oxygen atoms in total. The van der Waals surface area contributed by atoms with E-state index in [0.29, 0.717) is 32.5 Å². The number of amides is 2. The summed E-state index contributed by atoms with van der Waals surface area (Å²) in [6.07, 6.45) is 1.03. The molecule has 1 aromatic carbocycles. The zero-order valence-corrected chi connectivity index (χ0v) is 12.8. The number of nitrogens with two attached hydrogens (primary N) is 1. The first-order valence-electron chi connectivity index (χ1n) is 7.75. The van der Waals surface area contributed by atoms with Crippen LogP contribution in [0.1, 0.15) is 12.8 Å². The summed E-state index contributed by atoms with van der Waals surface area (Å²) in [4.78, 5) is 27.6. The highest BCUT2D eigenvalue weighted by Crippen LogP contribution is 2.15. The molecule has 1 saturated heterocycles. The number of para-hydroxylation sites is 1. The second kappa shape index (κ2) is 8.38. The average molecular weight is 304 g/mol. The molecule has 2 amide bonds. The summed E-state index contributed by atoms with van der Waals surface area (Å²) in [7, 11) is 0. The number of hydrogen-bond acceptors (Lipinski definition) is 4. The minimum Gasteiger partial charge on any atom is -0.368 e. The number of nitrogens with zero attached hydrogens (tertiary/aromatic N) is 2. The molecule has 0 spiro atoms. The van der Waals surface area contributed by atoms with E-state index in [1.54, 1.807) is 0 Å². The number of anilines is 1. The van der Waals surface area contributed by atoms with Crippen molar-refractivity contribution in [1.82, 2.24) is 10.2 Å². The molecule has 0 aromatic heterocycles. The number of nitrogens with one attached hydrogen (secondary N) is 1. The van der Waals surface area contributed by atoms with E-state index in [-0.39, 0.29) is 18.4 Å². The zero-order valence-electron chi connectivity index (χ0n) is 12.8. The van der Waals surface area contributed by atoms with Crippen LogP contribution in [0.4, 0.5) is 5.69 Å². The first-order valence-corrected chi connectivity index (χ1v) is 7.75. The van der Waals surface area contributed by atoms with Crippen molar-refractivity contribution in [3.8, 4) is 0 Å². The molecule has 22 heavy (non-hydrogen) atoms. The Morgan fingerprint density at radius 3 is 2.41 bits per heavy atom. The van der Waals surface area contributed by atoms with Crippen molar-refractivity contribution in [3.05, 3.63) is 30.3 Å². The fraction of sp³-hybridized carbons (Fsp3) is 0.500. The van der Waals surface area contributed by atoms with Crippen molar-refractivity contribution in [2.24, 2.45) is 5.73 Å². The van der Waals surface area contributed by atoms with Crippen LogP contribution in [-0.4, -0.2) is 56.0 Å². The summed E-state index contributed by atoms with van der Waals surface area (Å²) in [5, 5.41) is 2.66. The number of rotatable bonds is 6. The van der Waals surface area contributed by atoms with Crippen LogP contribution >= 0.6 is 0 Å². The van der Waals surface area contributed by atoms with Gasteiger partial charge in [0, 0.05) is 38.3 Å².